The van der Waals surface area contributed by atoms with E-state index in [-0.39, 0.29) is 0 Å². The van der Waals surface area contributed by atoms with Crippen molar-refractivity contribution < 1.29 is 4.52 Å². The van der Waals surface area contributed by atoms with Crippen molar-refractivity contribution in [3.63, 3.8) is 0 Å². The van der Waals surface area contributed by atoms with Crippen LogP contribution in [0.5, 0.6) is 0 Å². The molecular weight excluding hydrogens is 242 g/mol. The third-order valence-electron chi connectivity index (χ3n) is 3.35. The molecule has 6 heteroatoms. The summed E-state index contributed by atoms with van der Waals surface area (Å²) in [6, 6.07) is 5.98. The van der Waals surface area contributed by atoms with Crippen molar-refractivity contribution >= 4 is 0 Å². The number of nitrogens with zero attached hydrogens (tertiary/aromatic N) is 4. The Morgan fingerprint density at radius 3 is 2.89 bits per heavy atom. The van der Waals surface area contributed by atoms with Gasteiger partial charge in [0.2, 0.25) is 11.7 Å². The monoisotopic (exact) mass is 259 g/mol. The van der Waals surface area contributed by atoms with Crippen molar-refractivity contribution in [2.24, 2.45) is 5.73 Å². The number of rotatable bonds is 3. The molecule has 0 aromatic carbocycles. The van der Waals surface area contributed by atoms with Gasteiger partial charge in [-0.3, -0.25) is 9.88 Å². The topological polar surface area (TPSA) is 81.1 Å². The summed E-state index contributed by atoms with van der Waals surface area (Å²) < 4.78 is 5.27. The maximum Gasteiger partial charge on any atom is 0.241 e. The van der Waals surface area contributed by atoms with Crippen LogP contribution in [0, 0.1) is 0 Å². The highest BCUT2D eigenvalue weighted by molar-refractivity contribution is 5.46. The molecule has 2 aromatic rings. The van der Waals surface area contributed by atoms with Gasteiger partial charge in [0.1, 0.15) is 5.69 Å². The van der Waals surface area contributed by atoms with E-state index < -0.39 is 0 Å². The highest BCUT2D eigenvalue weighted by atomic mass is 16.5. The van der Waals surface area contributed by atoms with E-state index in [9.17, 15) is 0 Å². The summed E-state index contributed by atoms with van der Waals surface area (Å²) in [5, 5.41) is 3.97. The number of hydrogen-bond acceptors (Lipinski definition) is 6. The van der Waals surface area contributed by atoms with Gasteiger partial charge in [-0.05, 0) is 25.0 Å². The van der Waals surface area contributed by atoms with Crippen LogP contribution in [0.15, 0.2) is 28.9 Å². The molecule has 1 fully saturated rings. The third kappa shape index (κ3) is 2.97. The Labute approximate surface area is 111 Å². The maximum atomic E-state index is 5.88. The van der Waals surface area contributed by atoms with Crippen LogP contribution in [-0.2, 0) is 6.54 Å². The first kappa shape index (κ1) is 12.3. The van der Waals surface area contributed by atoms with Crippen molar-refractivity contribution in [2.45, 2.75) is 25.4 Å². The summed E-state index contributed by atoms with van der Waals surface area (Å²) in [6.45, 7) is 2.66. The van der Waals surface area contributed by atoms with E-state index in [1.54, 1.807) is 6.20 Å². The number of nitrogens with two attached hydrogens (primary N) is 1. The molecule has 0 radical (unpaired) electrons. The molecular formula is C13H17N5O. The molecule has 100 valence electrons. The number of piperidine rings is 1. The number of likely N-dealkylation sites (tertiary alicyclic amines) is 1. The zero-order valence-electron chi connectivity index (χ0n) is 10.7. The van der Waals surface area contributed by atoms with Crippen molar-refractivity contribution in [2.75, 3.05) is 13.1 Å². The Balaban J connectivity index is 1.65. The molecule has 0 aliphatic carbocycles. The van der Waals surface area contributed by atoms with Crippen molar-refractivity contribution in [1.82, 2.24) is 20.0 Å². The highest BCUT2D eigenvalue weighted by Gasteiger charge is 2.18. The van der Waals surface area contributed by atoms with Crippen molar-refractivity contribution in [3.8, 4) is 11.5 Å². The Morgan fingerprint density at radius 1 is 1.32 bits per heavy atom. The molecule has 2 N–H and O–H groups in total. The van der Waals surface area contributed by atoms with E-state index in [0.717, 1.165) is 31.6 Å². The lowest BCUT2D eigenvalue weighted by Gasteiger charge is -2.28. The van der Waals surface area contributed by atoms with Crippen LogP contribution in [0.25, 0.3) is 11.5 Å². The predicted molar refractivity (Wildman–Crippen MR) is 70.0 cm³/mol. The molecule has 0 amide bonds. The maximum absolute atomic E-state index is 5.88. The second-order valence-electron chi connectivity index (χ2n) is 4.84. The van der Waals surface area contributed by atoms with Crippen LogP contribution in [-0.4, -0.2) is 39.2 Å². The lowest BCUT2D eigenvalue weighted by atomic mass is 10.1. The normalized spacial score (nSPS) is 17.7. The second-order valence-corrected chi connectivity index (χ2v) is 4.84. The fourth-order valence-electron chi connectivity index (χ4n) is 2.22. The van der Waals surface area contributed by atoms with Gasteiger partial charge in [0.15, 0.2) is 0 Å². The highest BCUT2D eigenvalue weighted by Crippen LogP contribution is 2.15. The molecule has 2 aromatic heterocycles. The van der Waals surface area contributed by atoms with Crippen molar-refractivity contribution in [1.29, 1.82) is 0 Å². The average molecular weight is 259 g/mol. The number of aromatic nitrogens is 3. The Morgan fingerprint density at radius 2 is 2.16 bits per heavy atom. The fourth-order valence-corrected chi connectivity index (χ4v) is 2.22. The molecule has 3 rings (SSSR count). The lowest BCUT2D eigenvalue weighted by molar-refractivity contribution is 0.182. The van der Waals surface area contributed by atoms with Gasteiger partial charge in [-0.1, -0.05) is 11.2 Å². The summed E-state index contributed by atoms with van der Waals surface area (Å²) in [5.74, 6) is 1.18. The molecule has 19 heavy (non-hydrogen) atoms. The van der Waals surface area contributed by atoms with Crippen LogP contribution in [0.4, 0.5) is 0 Å². The van der Waals surface area contributed by atoms with Gasteiger partial charge in [0.25, 0.3) is 0 Å². The molecule has 6 nitrogen and oxygen atoms in total. The van der Waals surface area contributed by atoms with Crippen LogP contribution < -0.4 is 5.73 Å². The fraction of sp³-hybridized carbons (Fsp3) is 0.462. The van der Waals surface area contributed by atoms with Gasteiger partial charge in [-0.15, -0.1) is 0 Å². The molecule has 3 heterocycles. The first-order valence-corrected chi connectivity index (χ1v) is 6.53. The largest absolute Gasteiger partial charge is 0.337 e. The molecule has 1 aliphatic heterocycles. The van der Waals surface area contributed by atoms with Crippen LogP contribution in [0.1, 0.15) is 18.7 Å². The minimum Gasteiger partial charge on any atom is -0.337 e. The number of hydrogen-bond donors (Lipinski definition) is 1. The van der Waals surface area contributed by atoms with Gasteiger partial charge in [0.05, 0.1) is 6.54 Å². The zero-order valence-corrected chi connectivity index (χ0v) is 10.7. The number of pyridine rings is 1. The van der Waals surface area contributed by atoms with E-state index in [0.29, 0.717) is 24.3 Å². The molecule has 1 saturated heterocycles. The first-order chi connectivity index (χ1) is 9.31. The van der Waals surface area contributed by atoms with Gasteiger partial charge in [0, 0.05) is 25.3 Å². The summed E-state index contributed by atoms with van der Waals surface area (Å²) in [4.78, 5) is 10.9. The van der Waals surface area contributed by atoms with E-state index >= 15 is 0 Å². The van der Waals surface area contributed by atoms with Gasteiger partial charge in [-0.2, -0.15) is 4.98 Å². The van der Waals surface area contributed by atoms with Gasteiger partial charge >= 0.3 is 0 Å². The quantitative estimate of drug-likeness (QED) is 0.887. The Hall–Kier alpha value is -1.79. The zero-order chi connectivity index (χ0) is 13.1. The standard InChI is InChI=1S/C13H17N5O/c14-10-4-7-18(8-5-10)9-12-16-13(17-19-12)11-3-1-2-6-15-11/h1-3,6,10H,4-5,7-9,14H2. The average Bonchev–Trinajstić information content (AvgIpc) is 2.91. The van der Waals surface area contributed by atoms with Gasteiger partial charge < -0.3 is 10.3 Å². The predicted octanol–water partition coefficient (Wildman–Crippen LogP) is 1.05. The third-order valence-corrected chi connectivity index (χ3v) is 3.35. The molecule has 0 bridgehead atoms. The van der Waals surface area contributed by atoms with Crippen molar-refractivity contribution in [3.05, 3.63) is 30.3 Å². The van der Waals surface area contributed by atoms with Gasteiger partial charge in [-0.25, -0.2) is 0 Å². The summed E-state index contributed by atoms with van der Waals surface area (Å²) in [6.07, 6.45) is 3.78. The minimum absolute atomic E-state index is 0.336. The minimum atomic E-state index is 0.336. The molecule has 1 aliphatic rings. The van der Waals surface area contributed by atoms with E-state index in [2.05, 4.69) is 20.0 Å². The lowest BCUT2D eigenvalue weighted by Crippen LogP contribution is -2.39. The summed E-state index contributed by atoms with van der Waals surface area (Å²) >= 11 is 0. The van der Waals surface area contributed by atoms with Crippen LogP contribution in [0.2, 0.25) is 0 Å². The summed E-state index contributed by atoms with van der Waals surface area (Å²) in [5.41, 5.74) is 6.62. The van der Waals surface area contributed by atoms with Crippen LogP contribution >= 0.6 is 0 Å². The van der Waals surface area contributed by atoms with E-state index in [1.165, 1.54) is 0 Å². The Bertz CT molecular complexity index is 519. The first-order valence-electron chi connectivity index (χ1n) is 6.53. The molecule has 0 saturated carbocycles. The molecule has 0 atom stereocenters. The molecule has 0 unspecified atom stereocenters. The second kappa shape index (κ2) is 5.46. The molecule has 0 spiro atoms. The van der Waals surface area contributed by atoms with E-state index in [4.69, 9.17) is 10.3 Å². The SMILES string of the molecule is NC1CCN(Cc2nc(-c3ccccn3)no2)CC1. The van der Waals surface area contributed by atoms with E-state index in [1.807, 2.05) is 18.2 Å². The Kier molecular flexibility index (Phi) is 3.52. The van der Waals surface area contributed by atoms with Crippen LogP contribution in [0.3, 0.4) is 0 Å². The smallest absolute Gasteiger partial charge is 0.241 e. The summed E-state index contributed by atoms with van der Waals surface area (Å²) in [7, 11) is 0.